The minimum absolute atomic E-state index is 0.138. The van der Waals surface area contributed by atoms with Gasteiger partial charge >= 0.3 is 0 Å². The van der Waals surface area contributed by atoms with E-state index in [1.807, 2.05) is 0 Å². The maximum absolute atomic E-state index is 6.61. The Morgan fingerprint density at radius 1 is 0.385 bits per heavy atom. The van der Waals surface area contributed by atoms with Gasteiger partial charge in [0.25, 0.3) is 0 Å². The molecule has 0 saturated carbocycles. The Morgan fingerprint density at radius 2 is 1.02 bits per heavy atom. The maximum Gasteiger partial charge on any atom is 0.143 e. The molecule has 0 radical (unpaired) electrons. The Labute approximate surface area is 379 Å². The minimum atomic E-state index is -0.330. The first-order chi connectivity index (χ1) is 31.9. The lowest BCUT2D eigenvalue weighted by Crippen LogP contribution is -2.22. The summed E-state index contributed by atoms with van der Waals surface area (Å²) in [5, 5.41) is 4.59. The number of hydrogen-bond donors (Lipinski definition) is 0. The van der Waals surface area contributed by atoms with Gasteiger partial charge in [0.15, 0.2) is 0 Å². The summed E-state index contributed by atoms with van der Waals surface area (Å²) in [4.78, 5) is 2.45. The predicted molar refractivity (Wildman–Crippen MR) is 272 cm³/mol. The zero-order valence-corrected chi connectivity index (χ0v) is 36.6. The zero-order chi connectivity index (χ0) is 43.4. The Hall–Kier alpha value is -7.94. The highest BCUT2D eigenvalue weighted by atomic mass is 16.3. The average molecular weight is 832 g/mol. The molecule has 0 bridgehead atoms. The van der Waals surface area contributed by atoms with Crippen LogP contribution in [0.2, 0.25) is 0 Å². The van der Waals surface area contributed by atoms with Crippen molar-refractivity contribution in [3.63, 3.8) is 0 Å². The van der Waals surface area contributed by atoms with Crippen LogP contribution in [0.25, 0.3) is 77.2 Å². The zero-order valence-electron chi connectivity index (χ0n) is 36.6. The number of rotatable bonds is 6. The van der Waals surface area contributed by atoms with Crippen LogP contribution in [0.4, 0.5) is 17.1 Å². The van der Waals surface area contributed by atoms with Gasteiger partial charge in [0.2, 0.25) is 0 Å². The van der Waals surface area contributed by atoms with Gasteiger partial charge in [-0.2, -0.15) is 0 Å². The summed E-state index contributed by atoms with van der Waals surface area (Å²) >= 11 is 0. The van der Waals surface area contributed by atoms with E-state index < -0.39 is 0 Å². The molecular weight excluding hydrogens is 787 g/mol. The molecular formula is C63H45NO. The lowest BCUT2D eigenvalue weighted by atomic mass is 9.74. The van der Waals surface area contributed by atoms with Crippen molar-refractivity contribution in [1.29, 1.82) is 0 Å². The van der Waals surface area contributed by atoms with Crippen molar-refractivity contribution < 1.29 is 4.42 Å². The van der Waals surface area contributed by atoms with Gasteiger partial charge in [-0.15, -0.1) is 0 Å². The molecule has 1 atom stereocenters. The first-order valence-electron chi connectivity index (χ1n) is 22.8. The second-order valence-corrected chi connectivity index (χ2v) is 18.5. The molecule has 11 aromatic rings. The largest absolute Gasteiger partial charge is 0.455 e. The minimum Gasteiger partial charge on any atom is -0.455 e. The Kier molecular flexibility index (Phi) is 8.12. The quantitative estimate of drug-likeness (QED) is 0.166. The Bertz CT molecular complexity index is 3710. The molecule has 1 heterocycles. The van der Waals surface area contributed by atoms with Crippen molar-refractivity contribution in [2.45, 2.75) is 31.6 Å². The van der Waals surface area contributed by atoms with Crippen molar-refractivity contribution in [3.8, 4) is 44.5 Å². The van der Waals surface area contributed by atoms with E-state index in [0.717, 1.165) is 55.5 Å². The highest BCUT2D eigenvalue weighted by Crippen LogP contribution is 2.55. The molecule has 13 rings (SSSR count). The van der Waals surface area contributed by atoms with Gasteiger partial charge in [0.1, 0.15) is 11.2 Å². The number of furan rings is 1. The van der Waals surface area contributed by atoms with Crippen LogP contribution in [-0.4, -0.2) is 0 Å². The fourth-order valence-electron chi connectivity index (χ4n) is 11.6. The van der Waals surface area contributed by atoms with E-state index in [-0.39, 0.29) is 10.8 Å². The SMILES string of the molecule is CC1(C)c2ccccc2-c2cccc(-c3cccc(N(c4ccc(-c5cccc6oc7c8ccccc8ccc7c56)cc4)c4ccc5c(c4)C(C)(c4ccccc4)c4ccccc4-5)c3)c21. The monoisotopic (exact) mass is 831 g/mol. The molecule has 0 saturated heterocycles. The van der Waals surface area contributed by atoms with Crippen molar-refractivity contribution in [2.75, 3.05) is 4.90 Å². The van der Waals surface area contributed by atoms with Gasteiger partial charge in [0.05, 0.1) is 0 Å². The Balaban J connectivity index is 0.988. The molecule has 0 amide bonds. The summed E-state index contributed by atoms with van der Waals surface area (Å²) in [7, 11) is 0. The molecule has 0 fully saturated rings. The molecule has 2 nitrogen and oxygen atoms in total. The average Bonchev–Trinajstić information content (AvgIpc) is 3.96. The number of nitrogens with zero attached hydrogens (tertiary/aromatic N) is 1. The smallest absolute Gasteiger partial charge is 0.143 e. The van der Waals surface area contributed by atoms with Crippen LogP contribution in [-0.2, 0) is 10.8 Å². The molecule has 2 heteroatoms. The van der Waals surface area contributed by atoms with Crippen molar-refractivity contribution >= 4 is 49.8 Å². The second kappa shape index (κ2) is 14.0. The summed E-state index contributed by atoms with van der Waals surface area (Å²) < 4.78 is 6.61. The van der Waals surface area contributed by atoms with E-state index in [1.54, 1.807) is 0 Å². The predicted octanol–water partition coefficient (Wildman–Crippen LogP) is 17.2. The molecule has 1 aromatic heterocycles. The van der Waals surface area contributed by atoms with Crippen LogP contribution in [0.1, 0.15) is 48.6 Å². The second-order valence-electron chi connectivity index (χ2n) is 18.5. The normalized spacial score (nSPS) is 15.5. The Morgan fingerprint density at radius 3 is 1.86 bits per heavy atom. The van der Waals surface area contributed by atoms with Gasteiger partial charge in [-0.25, -0.2) is 0 Å². The van der Waals surface area contributed by atoms with Crippen LogP contribution >= 0.6 is 0 Å². The number of benzene rings is 10. The highest BCUT2D eigenvalue weighted by Gasteiger charge is 2.41. The van der Waals surface area contributed by atoms with E-state index >= 15 is 0 Å². The van der Waals surface area contributed by atoms with Crippen LogP contribution in [0.15, 0.2) is 223 Å². The van der Waals surface area contributed by atoms with Gasteiger partial charge < -0.3 is 9.32 Å². The van der Waals surface area contributed by atoms with Gasteiger partial charge in [0, 0.05) is 44.1 Å². The molecule has 2 aliphatic carbocycles. The lowest BCUT2D eigenvalue weighted by molar-refractivity contribution is 0.662. The molecule has 0 spiro atoms. The number of anilines is 3. The topological polar surface area (TPSA) is 16.4 Å². The molecule has 10 aromatic carbocycles. The molecule has 65 heavy (non-hydrogen) atoms. The van der Waals surface area contributed by atoms with E-state index in [1.165, 1.54) is 66.6 Å². The highest BCUT2D eigenvalue weighted by molar-refractivity contribution is 6.19. The van der Waals surface area contributed by atoms with Crippen LogP contribution in [0, 0.1) is 0 Å². The molecule has 308 valence electrons. The third kappa shape index (κ3) is 5.47. The number of hydrogen-bond acceptors (Lipinski definition) is 2. The summed E-state index contributed by atoms with van der Waals surface area (Å²) in [6.45, 7) is 7.15. The third-order valence-corrected chi connectivity index (χ3v) is 14.7. The van der Waals surface area contributed by atoms with E-state index in [9.17, 15) is 0 Å². The van der Waals surface area contributed by atoms with E-state index in [0.29, 0.717) is 0 Å². The number of fused-ring (bicyclic) bond motifs is 11. The van der Waals surface area contributed by atoms with Crippen molar-refractivity contribution in [3.05, 3.63) is 246 Å². The lowest BCUT2D eigenvalue weighted by Gasteiger charge is -2.31. The fraction of sp³-hybridized carbons (Fsp3) is 0.0794. The third-order valence-electron chi connectivity index (χ3n) is 14.7. The van der Waals surface area contributed by atoms with Crippen LogP contribution in [0.3, 0.4) is 0 Å². The van der Waals surface area contributed by atoms with E-state index in [2.05, 4.69) is 244 Å². The maximum atomic E-state index is 6.61. The van der Waals surface area contributed by atoms with Gasteiger partial charge in [-0.05, 0) is 133 Å². The van der Waals surface area contributed by atoms with Crippen molar-refractivity contribution in [2.24, 2.45) is 0 Å². The molecule has 1 unspecified atom stereocenters. The van der Waals surface area contributed by atoms with E-state index in [4.69, 9.17) is 4.42 Å². The fourth-order valence-corrected chi connectivity index (χ4v) is 11.6. The summed E-state index contributed by atoms with van der Waals surface area (Å²) in [6.07, 6.45) is 0. The first kappa shape index (κ1) is 37.6. The summed E-state index contributed by atoms with van der Waals surface area (Å²) in [5.41, 5.74) is 21.4. The summed E-state index contributed by atoms with van der Waals surface area (Å²) in [6, 6.07) is 80.5. The van der Waals surface area contributed by atoms with Gasteiger partial charge in [-0.1, -0.05) is 184 Å². The van der Waals surface area contributed by atoms with Gasteiger partial charge in [-0.3, -0.25) is 0 Å². The standard InChI is InChI=1S/C63H45NO/c1-62(2)55-27-11-9-23-51(55)53-26-14-25-48(60(53)62)42-17-13-20-45(38-42)64(46-35-37-52-50-22-10-12-28-56(50)63(3,57(52)39-46)43-18-5-4-6-19-43)44-33-30-41(31-34-44)47-24-15-29-58-59(47)54-36-32-40-16-7-8-21-49(40)61(54)65-58/h4-39H,1-3H3. The molecule has 0 aliphatic heterocycles. The first-order valence-corrected chi connectivity index (χ1v) is 22.8. The van der Waals surface area contributed by atoms with Crippen LogP contribution in [0.5, 0.6) is 0 Å². The molecule has 2 aliphatic rings. The van der Waals surface area contributed by atoms with Crippen molar-refractivity contribution in [1.82, 2.24) is 0 Å². The summed E-state index contributed by atoms with van der Waals surface area (Å²) in [5.74, 6) is 0. The molecule has 0 N–H and O–H groups in total. The van der Waals surface area contributed by atoms with Crippen LogP contribution < -0.4 is 4.90 Å².